The Morgan fingerprint density at radius 3 is 2.73 bits per heavy atom. The van der Waals surface area contributed by atoms with Gasteiger partial charge in [0.2, 0.25) is 0 Å². The van der Waals surface area contributed by atoms with Crippen LogP contribution < -0.4 is 15.4 Å². The van der Waals surface area contributed by atoms with Crippen molar-refractivity contribution in [2.45, 2.75) is 20.0 Å². The molecule has 0 bridgehead atoms. The lowest BCUT2D eigenvalue weighted by molar-refractivity contribution is 0.0951. The van der Waals surface area contributed by atoms with E-state index in [0.717, 1.165) is 28.4 Å². The first-order chi connectivity index (χ1) is 16.1. The first-order valence-electron chi connectivity index (χ1n) is 10.5. The van der Waals surface area contributed by atoms with Crippen molar-refractivity contribution in [2.75, 3.05) is 12.4 Å². The molecule has 0 atom stereocenters. The van der Waals surface area contributed by atoms with Crippen LogP contribution in [-0.4, -0.2) is 37.7 Å². The zero-order valence-corrected chi connectivity index (χ0v) is 18.7. The standard InChI is InChI=1S/C24H25N7O2/c1-16-18(7-5-9-21(16)33-3)13-27-24(32)17-6-4-8-19(12-17)26-14-22-29-30-23(31(22)2)20-10-11-25-15-28-20/h4-12,15,26H,13-14H2,1-3H3,(H,27,32). The fraction of sp³-hybridized carbons (Fsp3) is 0.208. The van der Waals surface area contributed by atoms with E-state index in [1.807, 2.05) is 54.9 Å². The topological polar surface area (TPSA) is 107 Å². The molecule has 33 heavy (non-hydrogen) atoms. The van der Waals surface area contributed by atoms with Gasteiger partial charge in [-0.25, -0.2) is 9.97 Å². The summed E-state index contributed by atoms with van der Waals surface area (Å²) < 4.78 is 7.23. The first-order valence-corrected chi connectivity index (χ1v) is 10.5. The van der Waals surface area contributed by atoms with Gasteiger partial charge < -0.3 is 19.9 Å². The lowest BCUT2D eigenvalue weighted by Gasteiger charge is -2.12. The fourth-order valence-electron chi connectivity index (χ4n) is 3.46. The van der Waals surface area contributed by atoms with E-state index in [1.54, 1.807) is 25.4 Å². The molecule has 0 radical (unpaired) electrons. The third-order valence-corrected chi connectivity index (χ3v) is 5.41. The molecule has 9 nitrogen and oxygen atoms in total. The number of hydrogen-bond donors (Lipinski definition) is 2. The smallest absolute Gasteiger partial charge is 0.251 e. The Bertz CT molecular complexity index is 1250. The lowest BCUT2D eigenvalue weighted by atomic mass is 10.1. The Labute approximate surface area is 191 Å². The molecule has 2 aromatic heterocycles. The average molecular weight is 444 g/mol. The SMILES string of the molecule is COc1cccc(CNC(=O)c2cccc(NCc3nnc(-c4ccncn4)n3C)c2)c1C. The van der Waals surface area contributed by atoms with Gasteiger partial charge in [-0.05, 0) is 48.4 Å². The van der Waals surface area contributed by atoms with Crippen LogP contribution in [0.3, 0.4) is 0 Å². The van der Waals surface area contributed by atoms with Gasteiger partial charge in [-0.2, -0.15) is 0 Å². The summed E-state index contributed by atoms with van der Waals surface area (Å²) in [5.41, 5.74) is 4.11. The second-order valence-corrected chi connectivity index (χ2v) is 7.45. The molecular weight excluding hydrogens is 418 g/mol. The Morgan fingerprint density at radius 2 is 1.94 bits per heavy atom. The Morgan fingerprint density at radius 1 is 1.09 bits per heavy atom. The van der Waals surface area contributed by atoms with Crippen molar-refractivity contribution in [1.29, 1.82) is 0 Å². The third-order valence-electron chi connectivity index (χ3n) is 5.41. The molecule has 0 saturated heterocycles. The molecule has 4 rings (SSSR count). The van der Waals surface area contributed by atoms with Gasteiger partial charge in [0.05, 0.1) is 13.7 Å². The van der Waals surface area contributed by atoms with Crippen molar-refractivity contribution in [3.63, 3.8) is 0 Å². The summed E-state index contributed by atoms with van der Waals surface area (Å²) in [6.07, 6.45) is 3.15. The molecule has 0 unspecified atom stereocenters. The van der Waals surface area contributed by atoms with Crippen molar-refractivity contribution in [2.24, 2.45) is 7.05 Å². The maximum absolute atomic E-state index is 12.7. The van der Waals surface area contributed by atoms with E-state index in [2.05, 4.69) is 30.8 Å². The summed E-state index contributed by atoms with van der Waals surface area (Å²) in [6, 6.07) is 14.9. The van der Waals surface area contributed by atoms with E-state index < -0.39 is 0 Å². The van der Waals surface area contributed by atoms with Crippen LogP contribution in [-0.2, 0) is 20.1 Å². The molecule has 0 aliphatic heterocycles. The minimum absolute atomic E-state index is 0.148. The van der Waals surface area contributed by atoms with Crippen molar-refractivity contribution < 1.29 is 9.53 Å². The quantitative estimate of drug-likeness (QED) is 0.431. The average Bonchev–Trinajstić information content (AvgIpc) is 3.22. The predicted molar refractivity (Wildman–Crippen MR) is 125 cm³/mol. The zero-order chi connectivity index (χ0) is 23.2. The summed E-state index contributed by atoms with van der Waals surface area (Å²) in [5.74, 6) is 2.06. The summed E-state index contributed by atoms with van der Waals surface area (Å²) in [5, 5.41) is 14.8. The highest BCUT2D eigenvalue weighted by atomic mass is 16.5. The molecule has 9 heteroatoms. The Hall–Kier alpha value is -4.27. The summed E-state index contributed by atoms with van der Waals surface area (Å²) in [6.45, 7) is 2.85. The predicted octanol–water partition coefficient (Wildman–Crippen LogP) is 3.13. The van der Waals surface area contributed by atoms with Gasteiger partial charge in [-0.15, -0.1) is 10.2 Å². The number of benzene rings is 2. The van der Waals surface area contributed by atoms with E-state index in [0.29, 0.717) is 30.2 Å². The summed E-state index contributed by atoms with van der Waals surface area (Å²) >= 11 is 0. The number of carbonyl (C=O) groups is 1. The molecule has 0 aliphatic carbocycles. The zero-order valence-electron chi connectivity index (χ0n) is 18.7. The number of ether oxygens (including phenoxy) is 1. The molecule has 1 amide bonds. The number of aromatic nitrogens is 5. The molecule has 0 saturated carbocycles. The largest absolute Gasteiger partial charge is 0.496 e. The van der Waals surface area contributed by atoms with Crippen LogP contribution in [0, 0.1) is 6.92 Å². The van der Waals surface area contributed by atoms with Crippen molar-refractivity contribution in [1.82, 2.24) is 30.0 Å². The van der Waals surface area contributed by atoms with Crippen LogP contribution in [0.1, 0.15) is 27.3 Å². The van der Waals surface area contributed by atoms with Crippen LogP contribution in [0.15, 0.2) is 61.1 Å². The summed E-state index contributed by atoms with van der Waals surface area (Å²) in [7, 11) is 3.53. The molecule has 0 aliphatic rings. The molecule has 2 N–H and O–H groups in total. The molecule has 2 aromatic carbocycles. The highest BCUT2D eigenvalue weighted by molar-refractivity contribution is 5.95. The molecule has 168 valence electrons. The van der Waals surface area contributed by atoms with E-state index in [-0.39, 0.29) is 5.91 Å². The van der Waals surface area contributed by atoms with Gasteiger partial charge >= 0.3 is 0 Å². The molecule has 2 heterocycles. The van der Waals surface area contributed by atoms with Gasteiger partial charge in [-0.1, -0.05) is 18.2 Å². The summed E-state index contributed by atoms with van der Waals surface area (Å²) in [4.78, 5) is 20.9. The Kier molecular flexibility index (Phi) is 6.58. The van der Waals surface area contributed by atoms with E-state index in [1.165, 1.54) is 6.33 Å². The van der Waals surface area contributed by atoms with Crippen molar-refractivity contribution in [3.05, 3.63) is 83.6 Å². The van der Waals surface area contributed by atoms with Crippen LogP contribution in [0.2, 0.25) is 0 Å². The lowest BCUT2D eigenvalue weighted by Crippen LogP contribution is -2.23. The number of nitrogens with zero attached hydrogens (tertiary/aromatic N) is 5. The number of nitrogens with one attached hydrogen (secondary N) is 2. The number of hydrogen-bond acceptors (Lipinski definition) is 7. The van der Waals surface area contributed by atoms with Crippen LogP contribution >= 0.6 is 0 Å². The van der Waals surface area contributed by atoms with Crippen LogP contribution in [0.25, 0.3) is 11.5 Å². The van der Waals surface area contributed by atoms with Gasteiger partial charge in [-0.3, -0.25) is 4.79 Å². The number of amides is 1. The van der Waals surface area contributed by atoms with Gasteiger partial charge in [0, 0.05) is 31.0 Å². The van der Waals surface area contributed by atoms with E-state index in [9.17, 15) is 4.79 Å². The number of rotatable bonds is 8. The van der Waals surface area contributed by atoms with Gasteiger partial charge in [0.25, 0.3) is 5.91 Å². The van der Waals surface area contributed by atoms with Gasteiger partial charge in [0.1, 0.15) is 17.8 Å². The van der Waals surface area contributed by atoms with E-state index in [4.69, 9.17) is 4.74 Å². The third kappa shape index (κ3) is 4.98. The van der Waals surface area contributed by atoms with Crippen LogP contribution in [0.5, 0.6) is 5.75 Å². The number of carbonyl (C=O) groups excluding carboxylic acids is 1. The van der Waals surface area contributed by atoms with Gasteiger partial charge in [0.15, 0.2) is 11.6 Å². The fourth-order valence-corrected chi connectivity index (χ4v) is 3.46. The normalized spacial score (nSPS) is 10.6. The highest BCUT2D eigenvalue weighted by Gasteiger charge is 2.12. The Balaban J connectivity index is 1.39. The minimum Gasteiger partial charge on any atom is -0.496 e. The maximum Gasteiger partial charge on any atom is 0.251 e. The molecule has 0 spiro atoms. The van der Waals surface area contributed by atoms with Crippen LogP contribution in [0.4, 0.5) is 5.69 Å². The molecular formula is C24H25N7O2. The number of anilines is 1. The first kappa shape index (κ1) is 21.9. The van der Waals surface area contributed by atoms with Crippen molar-refractivity contribution in [3.8, 4) is 17.3 Å². The van der Waals surface area contributed by atoms with E-state index >= 15 is 0 Å². The monoisotopic (exact) mass is 443 g/mol. The maximum atomic E-state index is 12.7. The molecule has 0 fully saturated rings. The molecule has 4 aromatic rings. The highest BCUT2D eigenvalue weighted by Crippen LogP contribution is 2.21. The second-order valence-electron chi connectivity index (χ2n) is 7.45. The minimum atomic E-state index is -0.148. The van der Waals surface area contributed by atoms with Crippen molar-refractivity contribution >= 4 is 11.6 Å². The number of methoxy groups -OCH3 is 1. The second kappa shape index (κ2) is 9.90.